The standard InChI is InChI=1S/C30H45ClFN3O5/c1-38-20-30(21-9-7-5-3-2-4-6-8-10-21)34-27(40-35-30)29-15-13-28(14-16-29,18-25(29)36)33-26(37)19-39-22-11-12-23(31)24(32)17-22/h11-12,17,21,25,27,34-36H,2-10,13-16,18-20H2,1H3,(H,33,37). The predicted octanol–water partition coefficient (Wildman–Crippen LogP) is 4.97. The quantitative estimate of drug-likeness (QED) is 0.344. The van der Waals surface area contributed by atoms with E-state index < -0.39 is 28.5 Å². The van der Waals surface area contributed by atoms with E-state index in [-0.39, 0.29) is 29.5 Å². The van der Waals surface area contributed by atoms with Crippen molar-refractivity contribution in [3.63, 3.8) is 0 Å². The largest absolute Gasteiger partial charge is 0.484 e. The number of hydrogen-bond acceptors (Lipinski definition) is 7. The number of benzene rings is 1. The molecule has 1 aromatic carbocycles. The maximum Gasteiger partial charge on any atom is 0.258 e. The Labute approximate surface area is 242 Å². The van der Waals surface area contributed by atoms with E-state index in [4.69, 9.17) is 25.9 Å². The molecule has 5 aliphatic rings. The Morgan fingerprint density at radius 1 is 1.12 bits per heavy atom. The van der Waals surface area contributed by atoms with E-state index in [1.807, 2.05) is 0 Å². The normalized spacial score (nSPS) is 35.4. The van der Waals surface area contributed by atoms with Crippen LogP contribution in [0.25, 0.3) is 0 Å². The molecular weight excluding hydrogens is 537 g/mol. The molecule has 4 aliphatic carbocycles. The summed E-state index contributed by atoms with van der Waals surface area (Å²) in [7, 11) is 1.73. The van der Waals surface area contributed by atoms with Crippen molar-refractivity contribution in [3.05, 3.63) is 29.0 Å². The highest BCUT2D eigenvalue weighted by atomic mass is 35.5. The van der Waals surface area contributed by atoms with E-state index in [1.54, 1.807) is 7.11 Å². The molecule has 1 saturated heterocycles. The Hall–Kier alpha value is -1.49. The average Bonchev–Trinajstić information content (AvgIpc) is 3.38. The van der Waals surface area contributed by atoms with Crippen LogP contribution in [0.3, 0.4) is 0 Å². The molecule has 2 bridgehead atoms. The Morgan fingerprint density at radius 3 is 2.42 bits per heavy atom. The SMILES string of the molecule is COCC1(C2CCCCCCCCC2)NOC(C23CCC(NC(=O)COc4ccc(Cl)c(F)c4)(CC2)CC3O)N1. The van der Waals surface area contributed by atoms with Gasteiger partial charge >= 0.3 is 0 Å². The number of nitrogens with one attached hydrogen (secondary N) is 3. The number of halogens is 2. The van der Waals surface area contributed by atoms with Crippen LogP contribution >= 0.6 is 11.6 Å². The fourth-order valence-electron chi connectivity index (χ4n) is 7.60. The molecule has 5 fully saturated rings. The van der Waals surface area contributed by atoms with Gasteiger partial charge in [-0.2, -0.15) is 5.48 Å². The van der Waals surface area contributed by atoms with Crippen LogP contribution in [0.1, 0.15) is 89.9 Å². The van der Waals surface area contributed by atoms with Gasteiger partial charge in [-0.25, -0.2) is 4.39 Å². The van der Waals surface area contributed by atoms with Crippen molar-refractivity contribution in [1.82, 2.24) is 16.1 Å². The van der Waals surface area contributed by atoms with Crippen molar-refractivity contribution < 1.29 is 28.6 Å². The number of methoxy groups -OCH3 is 1. The van der Waals surface area contributed by atoms with Crippen LogP contribution in [0.2, 0.25) is 5.02 Å². The molecule has 0 aromatic heterocycles. The van der Waals surface area contributed by atoms with Gasteiger partial charge in [0.05, 0.1) is 17.7 Å². The number of fused-ring (bicyclic) bond motifs is 3. The van der Waals surface area contributed by atoms with Gasteiger partial charge in [-0.05, 0) is 63.0 Å². The fourth-order valence-corrected chi connectivity index (χ4v) is 7.72. The molecule has 10 heteroatoms. The van der Waals surface area contributed by atoms with Gasteiger partial charge in [-0.1, -0.05) is 56.5 Å². The lowest BCUT2D eigenvalue weighted by Crippen LogP contribution is -2.68. The Kier molecular flexibility index (Phi) is 9.59. The summed E-state index contributed by atoms with van der Waals surface area (Å²) in [6.07, 6.45) is 13.6. The number of amides is 1. The summed E-state index contributed by atoms with van der Waals surface area (Å²) in [6, 6.07) is 4.09. The van der Waals surface area contributed by atoms with Crippen molar-refractivity contribution in [2.24, 2.45) is 11.3 Å². The zero-order valence-corrected chi connectivity index (χ0v) is 24.4. The van der Waals surface area contributed by atoms with Gasteiger partial charge in [-0.15, -0.1) is 0 Å². The van der Waals surface area contributed by atoms with Crippen LogP contribution in [0, 0.1) is 17.2 Å². The van der Waals surface area contributed by atoms with Crippen molar-refractivity contribution >= 4 is 17.5 Å². The first-order valence-electron chi connectivity index (χ1n) is 15.1. The third-order valence-corrected chi connectivity index (χ3v) is 10.3. The summed E-state index contributed by atoms with van der Waals surface area (Å²) in [5.74, 6) is -0.259. The minimum absolute atomic E-state index is 0.00325. The first-order chi connectivity index (χ1) is 19.3. The molecule has 4 saturated carbocycles. The van der Waals surface area contributed by atoms with E-state index in [9.17, 15) is 14.3 Å². The Morgan fingerprint density at radius 2 is 1.80 bits per heavy atom. The zero-order chi connectivity index (χ0) is 28.2. The number of carbonyl (C=O) groups excluding carboxylic acids is 1. The molecule has 0 radical (unpaired) electrons. The zero-order valence-electron chi connectivity index (χ0n) is 23.6. The van der Waals surface area contributed by atoms with Gasteiger partial charge in [0.15, 0.2) is 6.61 Å². The van der Waals surface area contributed by atoms with E-state index in [1.165, 1.54) is 63.1 Å². The highest BCUT2D eigenvalue weighted by Crippen LogP contribution is 2.55. The van der Waals surface area contributed by atoms with E-state index in [0.717, 1.165) is 38.5 Å². The second-order valence-electron chi connectivity index (χ2n) is 12.5. The van der Waals surface area contributed by atoms with Crippen molar-refractivity contribution in [2.45, 2.75) is 113 Å². The number of ether oxygens (including phenoxy) is 2. The maximum atomic E-state index is 13.7. The number of aliphatic hydroxyl groups is 1. The smallest absolute Gasteiger partial charge is 0.258 e. The summed E-state index contributed by atoms with van der Waals surface area (Å²) in [5.41, 5.74) is 1.97. The van der Waals surface area contributed by atoms with Crippen LogP contribution in [0.15, 0.2) is 18.2 Å². The molecule has 6 rings (SSSR count). The molecule has 8 nitrogen and oxygen atoms in total. The summed E-state index contributed by atoms with van der Waals surface area (Å²) < 4.78 is 24.9. The average molecular weight is 582 g/mol. The number of hydroxylamine groups is 1. The Bertz CT molecular complexity index is 1010. The van der Waals surface area contributed by atoms with Crippen LogP contribution in [0.4, 0.5) is 4.39 Å². The lowest BCUT2D eigenvalue weighted by Gasteiger charge is -2.57. The number of carbonyl (C=O) groups is 1. The van der Waals surface area contributed by atoms with Gasteiger partial charge in [-0.3, -0.25) is 14.9 Å². The first-order valence-corrected chi connectivity index (χ1v) is 15.4. The molecule has 3 atom stereocenters. The Balaban J connectivity index is 1.20. The lowest BCUT2D eigenvalue weighted by molar-refractivity contribution is -0.176. The number of aliphatic hydroxyl groups excluding tert-OH is 1. The van der Waals surface area contributed by atoms with Crippen molar-refractivity contribution in [3.8, 4) is 5.75 Å². The third-order valence-electron chi connectivity index (χ3n) is 10.00. The fraction of sp³-hybridized carbons (Fsp3) is 0.767. The van der Waals surface area contributed by atoms with E-state index in [0.29, 0.717) is 18.9 Å². The summed E-state index contributed by atoms with van der Waals surface area (Å²) in [6.45, 7) is 0.264. The first kappa shape index (κ1) is 30.0. The maximum absolute atomic E-state index is 13.7. The molecule has 224 valence electrons. The van der Waals surface area contributed by atoms with Crippen LogP contribution < -0.4 is 20.9 Å². The minimum Gasteiger partial charge on any atom is -0.484 e. The van der Waals surface area contributed by atoms with Gasteiger partial charge in [0.25, 0.3) is 5.91 Å². The monoisotopic (exact) mass is 581 g/mol. The predicted molar refractivity (Wildman–Crippen MR) is 150 cm³/mol. The van der Waals surface area contributed by atoms with E-state index in [2.05, 4.69) is 16.1 Å². The second-order valence-corrected chi connectivity index (χ2v) is 13.0. The molecule has 40 heavy (non-hydrogen) atoms. The minimum atomic E-state index is -0.636. The second kappa shape index (κ2) is 12.8. The van der Waals surface area contributed by atoms with Gasteiger partial charge in [0.2, 0.25) is 0 Å². The number of rotatable bonds is 8. The highest BCUT2D eigenvalue weighted by molar-refractivity contribution is 6.30. The molecule has 4 N–H and O–H groups in total. The van der Waals surface area contributed by atoms with Gasteiger partial charge in [0, 0.05) is 24.1 Å². The molecular formula is C30H45ClFN3O5. The van der Waals surface area contributed by atoms with Crippen LogP contribution in [0.5, 0.6) is 5.75 Å². The van der Waals surface area contributed by atoms with Crippen LogP contribution in [-0.4, -0.2) is 54.9 Å². The summed E-state index contributed by atoms with van der Waals surface area (Å²) >= 11 is 5.72. The summed E-state index contributed by atoms with van der Waals surface area (Å²) in [4.78, 5) is 19.1. The molecule has 3 unspecified atom stereocenters. The lowest BCUT2D eigenvalue weighted by atomic mass is 9.54. The number of hydrogen-bond donors (Lipinski definition) is 4. The van der Waals surface area contributed by atoms with Crippen molar-refractivity contribution in [2.75, 3.05) is 20.3 Å². The molecule has 1 aliphatic heterocycles. The van der Waals surface area contributed by atoms with E-state index >= 15 is 0 Å². The molecule has 0 spiro atoms. The topological polar surface area (TPSA) is 101 Å². The molecule has 1 amide bonds. The van der Waals surface area contributed by atoms with Gasteiger partial charge in [0.1, 0.15) is 23.5 Å². The molecule has 1 aromatic rings. The van der Waals surface area contributed by atoms with Crippen LogP contribution in [-0.2, 0) is 14.4 Å². The summed E-state index contributed by atoms with van der Waals surface area (Å²) in [5, 5.41) is 18.4. The third kappa shape index (κ3) is 6.30. The highest BCUT2D eigenvalue weighted by Gasteiger charge is 2.62. The van der Waals surface area contributed by atoms with Gasteiger partial charge < -0.3 is 19.9 Å². The van der Waals surface area contributed by atoms with Crippen molar-refractivity contribution in [1.29, 1.82) is 0 Å². The molecule has 1 heterocycles.